The van der Waals surface area contributed by atoms with Crippen LogP contribution in [0.5, 0.6) is 0 Å². The van der Waals surface area contributed by atoms with Crippen LogP contribution in [0.25, 0.3) is 0 Å². The van der Waals surface area contributed by atoms with Crippen LogP contribution in [0.4, 0.5) is 0 Å². The molecule has 0 amide bonds. The summed E-state index contributed by atoms with van der Waals surface area (Å²) < 4.78 is 0. The summed E-state index contributed by atoms with van der Waals surface area (Å²) in [5.74, 6) is 0.254. The van der Waals surface area contributed by atoms with E-state index in [2.05, 4.69) is 30.1 Å². The molecule has 2 aromatic rings. The zero-order chi connectivity index (χ0) is 15.9. The molecule has 0 saturated carbocycles. The fraction of sp³-hybridized carbons (Fsp3) is 0.238. The number of nitrogens with zero attached hydrogens (tertiary/aromatic N) is 1. The quantitative estimate of drug-likeness (QED) is 0.812. The van der Waals surface area contributed by atoms with Crippen LogP contribution in [0.3, 0.4) is 0 Å². The third-order valence-electron chi connectivity index (χ3n) is 4.88. The summed E-state index contributed by atoms with van der Waals surface area (Å²) in [6.45, 7) is 2.08. The van der Waals surface area contributed by atoms with Crippen molar-refractivity contribution in [2.24, 2.45) is 10.4 Å². The van der Waals surface area contributed by atoms with E-state index in [0.717, 1.165) is 30.5 Å². The molecule has 2 nitrogen and oxygen atoms in total. The first-order valence-corrected chi connectivity index (χ1v) is 8.08. The number of hydrogen-bond acceptors (Lipinski definition) is 2. The summed E-state index contributed by atoms with van der Waals surface area (Å²) in [5.41, 5.74) is 5.21. The minimum atomic E-state index is -0.415. The van der Waals surface area contributed by atoms with Crippen LogP contribution in [0, 0.1) is 12.3 Å². The molecule has 1 unspecified atom stereocenters. The maximum Gasteiger partial charge on any atom is 0.173 e. The number of allylic oxidation sites excluding steroid dienone is 1. The van der Waals surface area contributed by atoms with Crippen molar-refractivity contribution in [3.8, 4) is 0 Å². The van der Waals surface area contributed by atoms with Crippen molar-refractivity contribution in [2.75, 3.05) is 0 Å². The fourth-order valence-electron chi connectivity index (χ4n) is 3.75. The lowest BCUT2D eigenvalue weighted by molar-refractivity contribution is 0.0879. The van der Waals surface area contributed by atoms with Gasteiger partial charge in [-0.1, -0.05) is 60.2 Å². The highest BCUT2D eigenvalue weighted by Gasteiger charge is 2.45. The number of carbonyl (C=O) groups is 1. The van der Waals surface area contributed by atoms with E-state index in [1.807, 2.05) is 42.6 Å². The topological polar surface area (TPSA) is 29.4 Å². The van der Waals surface area contributed by atoms with Crippen molar-refractivity contribution in [3.05, 3.63) is 83.1 Å². The van der Waals surface area contributed by atoms with Gasteiger partial charge in [0.05, 0.1) is 5.41 Å². The van der Waals surface area contributed by atoms with E-state index in [1.165, 1.54) is 16.7 Å². The fourth-order valence-corrected chi connectivity index (χ4v) is 3.75. The van der Waals surface area contributed by atoms with Crippen LogP contribution in [0.15, 0.2) is 65.8 Å². The second-order valence-corrected chi connectivity index (χ2v) is 6.67. The minimum Gasteiger partial charge on any atom is -0.293 e. The van der Waals surface area contributed by atoms with Gasteiger partial charge in [0, 0.05) is 30.3 Å². The molecular weight excluding hydrogens is 282 g/mol. The summed E-state index contributed by atoms with van der Waals surface area (Å²) in [5, 5.41) is 0. The number of aryl methyl sites for hydroxylation is 1. The lowest BCUT2D eigenvalue weighted by Gasteiger charge is -2.26. The Kier molecular flexibility index (Phi) is 3.26. The Labute approximate surface area is 136 Å². The molecule has 2 aliphatic rings. The highest BCUT2D eigenvalue weighted by Crippen LogP contribution is 2.43. The molecule has 4 rings (SSSR count). The van der Waals surface area contributed by atoms with E-state index in [4.69, 9.17) is 0 Å². The monoisotopic (exact) mass is 301 g/mol. The van der Waals surface area contributed by atoms with E-state index >= 15 is 0 Å². The zero-order valence-corrected chi connectivity index (χ0v) is 13.3. The predicted octanol–water partition coefficient (Wildman–Crippen LogP) is 4.32. The van der Waals surface area contributed by atoms with Crippen LogP contribution in [0.1, 0.15) is 33.5 Å². The number of ketones is 1. The number of fused-ring (bicyclic) bond motifs is 1. The number of benzene rings is 2. The number of hydrogen-bond donors (Lipinski definition) is 0. The van der Waals surface area contributed by atoms with Gasteiger partial charge >= 0.3 is 0 Å². The Morgan fingerprint density at radius 2 is 1.91 bits per heavy atom. The van der Waals surface area contributed by atoms with E-state index in [9.17, 15) is 4.79 Å². The zero-order valence-electron chi connectivity index (χ0n) is 13.3. The van der Waals surface area contributed by atoms with Gasteiger partial charge in [0.15, 0.2) is 5.78 Å². The average Bonchev–Trinajstić information content (AvgIpc) is 2.80. The molecule has 23 heavy (non-hydrogen) atoms. The maximum absolute atomic E-state index is 13.0. The maximum atomic E-state index is 13.0. The lowest BCUT2D eigenvalue weighted by atomic mass is 9.76. The normalized spacial score (nSPS) is 22.3. The van der Waals surface area contributed by atoms with Crippen molar-refractivity contribution in [1.29, 1.82) is 0 Å². The minimum absolute atomic E-state index is 0.254. The molecule has 1 atom stereocenters. The molecule has 0 saturated heterocycles. The van der Waals surface area contributed by atoms with Gasteiger partial charge in [-0.3, -0.25) is 9.79 Å². The van der Waals surface area contributed by atoms with Crippen molar-refractivity contribution < 1.29 is 4.79 Å². The number of aliphatic imine (C=N–C) groups is 1. The Hall–Kier alpha value is -2.48. The third kappa shape index (κ3) is 2.44. The second-order valence-electron chi connectivity index (χ2n) is 6.67. The molecule has 0 radical (unpaired) electrons. The Bertz CT molecular complexity index is 832. The summed E-state index contributed by atoms with van der Waals surface area (Å²) >= 11 is 0. The van der Waals surface area contributed by atoms with Crippen LogP contribution in [-0.4, -0.2) is 11.5 Å². The van der Waals surface area contributed by atoms with Gasteiger partial charge in [-0.05, 0) is 24.5 Å². The van der Waals surface area contributed by atoms with Gasteiger partial charge in [0.25, 0.3) is 0 Å². The molecule has 0 fully saturated rings. The number of carbonyl (C=O) groups excluding carboxylic acids is 1. The number of Topliss-reactive ketones (excluding diaryl/α,β-unsaturated/α-hetero) is 1. The predicted molar refractivity (Wildman–Crippen MR) is 93.0 cm³/mol. The van der Waals surface area contributed by atoms with Gasteiger partial charge in [0.1, 0.15) is 0 Å². The summed E-state index contributed by atoms with van der Waals surface area (Å²) in [6, 6.07) is 16.5. The van der Waals surface area contributed by atoms with E-state index < -0.39 is 5.41 Å². The van der Waals surface area contributed by atoms with Crippen molar-refractivity contribution in [1.82, 2.24) is 0 Å². The highest BCUT2D eigenvalue weighted by molar-refractivity contribution is 6.09. The molecule has 2 heteroatoms. The Morgan fingerprint density at radius 1 is 1.09 bits per heavy atom. The summed E-state index contributed by atoms with van der Waals surface area (Å²) in [4.78, 5) is 17.5. The van der Waals surface area contributed by atoms with E-state index in [0.29, 0.717) is 0 Å². The first kappa shape index (κ1) is 14.1. The largest absolute Gasteiger partial charge is 0.293 e. The third-order valence-corrected chi connectivity index (χ3v) is 4.88. The molecule has 1 heterocycles. The van der Waals surface area contributed by atoms with Crippen LogP contribution < -0.4 is 0 Å². The average molecular weight is 301 g/mol. The Morgan fingerprint density at radius 3 is 2.74 bits per heavy atom. The molecule has 0 bridgehead atoms. The molecular formula is C21H19NO. The van der Waals surface area contributed by atoms with Crippen molar-refractivity contribution in [3.63, 3.8) is 0 Å². The van der Waals surface area contributed by atoms with Gasteiger partial charge in [-0.25, -0.2) is 0 Å². The molecule has 0 aromatic heterocycles. The first-order valence-electron chi connectivity index (χ1n) is 8.08. The number of rotatable bonds is 2. The van der Waals surface area contributed by atoms with Gasteiger partial charge in [0.2, 0.25) is 0 Å². The summed E-state index contributed by atoms with van der Waals surface area (Å²) in [6.07, 6.45) is 6.19. The summed E-state index contributed by atoms with van der Waals surface area (Å²) in [7, 11) is 0. The van der Waals surface area contributed by atoms with Gasteiger partial charge in [-0.15, -0.1) is 0 Å². The molecule has 0 N–H and O–H groups in total. The molecule has 114 valence electrons. The van der Waals surface area contributed by atoms with Gasteiger partial charge in [-0.2, -0.15) is 0 Å². The Balaban J connectivity index is 1.61. The molecule has 1 aliphatic carbocycles. The smallest absolute Gasteiger partial charge is 0.173 e. The molecule has 1 aliphatic heterocycles. The van der Waals surface area contributed by atoms with Crippen molar-refractivity contribution in [2.45, 2.75) is 26.2 Å². The molecule has 2 aromatic carbocycles. The second kappa shape index (κ2) is 5.31. The van der Waals surface area contributed by atoms with E-state index in [-0.39, 0.29) is 5.78 Å². The highest BCUT2D eigenvalue weighted by atomic mass is 16.1. The van der Waals surface area contributed by atoms with Crippen molar-refractivity contribution >= 4 is 11.5 Å². The van der Waals surface area contributed by atoms with Crippen LogP contribution in [-0.2, 0) is 12.8 Å². The lowest BCUT2D eigenvalue weighted by Crippen LogP contribution is -2.31. The van der Waals surface area contributed by atoms with E-state index in [1.54, 1.807) is 0 Å². The standard InChI is InChI=1S/C21H19NO/c1-15-7-8-19-17(11-15)13-21(20(19)23)9-10-22-18(14-21)12-16-5-3-2-4-6-16/h2-11H,12-14H2,1H3. The van der Waals surface area contributed by atoms with Crippen LogP contribution >= 0.6 is 0 Å². The van der Waals surface area contributed by atoms with Crippen LogP contribution in [0.2, 0.25) is 0 Å². The van der Waals surface area contributed by atoms with Gasteiger partial charge < -0.3 is 0 Å². The molecule has 1 spiro atoms. The first-order chi connectivity index (χ1) is 11.2. The SMILES string of the molecule is Cc1ccc2c(c1)CC1(C=CN=C(Cc3ccccc3)C1)C2=O.